The van der Waals surface area contributed by atoms with Gasteiger partial charge in [0, 0.05) is 24.8 Å². The average molecular weight is 544 g/mol. The van der Waals surface area contributed by atoms with Gasteiger partial charge < -0.3 is 14.4 Å². The van der Waals surface area contributed by atoms with Crippen molar-refractivity contribution < 1.29 is 18.7 Å². The Hall–Kier alpha value is -4.27. The lowest BCUT2D eigenvalue weighted by molar-refractivity contribution is 0.0541. The van der Waals surface area contributed by atoms with Crippen LogP contribution in [-0.4, -0.2) is 44.3 Å². The third-order valence-electron chi connectivity index (χ3n) is 6.76. The highest BCUT2D eigenvalue weighted by atomic mass is 19.1. The van der Waals surface area contributed by atoms with E-state index in [1.54, 1.807) is 24.4 Å². The summed E-state index contributed by atoms with van der Waals surface area (Å²) in [6.07, 6.45) is 4.11. The molecule has 40 heavy (non-hydrogen) atoms. The number of anilines is 1. The molecule has 3 heterocycles. The Morgan fingerprint density at radius 1 is 0.925 bits per heavy atom. The van der Waals surface area contributed by atoms with Gasteiger partial charge in [-0.1, -0.05) is 6.07 Å². The maximum absolute atomic E-state index is 13.9. The number of rotatable bonds is 5. The van der Waals surface area contributed by atoms with Gasteiger partial charge in [0.1, 0.15) is 28.6 Å². The fraction of sp³-hybridized carbons (Fsp3) is 0.355. The normalized spacial score (nSPS) is 13.8. The van der Waals surface area contributed by atoms with Gasteiger partial charge in [0.15, 0.2) is 0 Å². The van der Waals surface area contributed by atoms with Gasteiger partial charge in [-0.2, -0.15) is 4.98 Å². The molecule has 0 atom stereocenters. The van der Waals surface area contributed by atoms with Crippen molar-refractivity contribution in [3.8, 4) is 34.4 Å². The molecule has 1 fully saturated rings. The van der Waals surface area contributed by atoms with Crippen molar-refractivity contribution in [1.82, 2.24) is 19.5 Å². The number of carbonyl (C=O) groups is 1. The lowest BCUT2D eigenvalue weighted by Gasteiger charge is -2.29. The van der Waals surface area contributed by atoms with Crippen LogP contribution in [0.25, 0.3) is 22.6 Å². The Bertz CT molecular complexity index is 1520. The molecule has 2 aromatic carbocycles. The summed E-state index contributed by atoms with van der Waals surface area (Å²) in [5.74, 6) is 0.714. The van der Waals surface area contributed by atoms with Crippen molar-refractivity contribution in [2.24, 2.45) is 0 Å². The van der Waals surface area contributed by atoms with Gasteiger partial charge in [0.2, 0.25) is 5.95 Å². The predicted molar refractivity (Wildman–Crippen MR) is 152 cm³/mol. The second-order valence-corrected chi connectivity index (χ2v) is 11.1. The van der Waals surface area contributed by atoms with E-state index in [-0.39, 0.29) is 11.8 Å². The van der Waals surface area contributed by atoms with Crippen LogP contribution in [0, 0.1) is 19.7 Å². The lowest BCUT2D eigenvalue weighted by atomic mass is 10.1. The zero-order chi connectivity index (χ0) is 28.4. The fourth-order valence-corrected chi connectivity index (χ4v) is 4.64. The number of benzene rings is 2. The summed E-state index contributed by atoms with van der Waals surface area (Å²) in [7, 11) is 0. The van der Waals surface area contributed by atoms with E-state index in [1.165, 1.54) is 16.7 Å². The van der Waals surface area contributed by atoms with Crippen LogP contribution in [0.3, 0.4) is 0 Å². The van der Waals surface area contributed by atoms with E-state index in [0.29, 0.717) is 34.3 Å². The van der Waals surface area contributed by atoms with Crippen LogP contribution in [0.4, 0.5) is 15.1 Å². The van der Waals surface area contributed by atoms with Crippen LogP contribution in [0.5, 0.6) is 11.8 Å². The van der Waals surface area contributed by atoms with Crippen LogP contribution in [-0.2, 0) is 4.74 Å². The number of nitrogens with zero attached hydrogens (tertiary/aromatic N) is 5. The molecule has 5 rings (SSSR count). The number of imidazole rings is 1. The Kier molecular flexibility index (Phi) is 7.56. The summed E-state index contributed by atoms with van der Waals surface area (Å²) in [4.78, 5) is 29.9. The largest absolute Gasteiger partial charge is 0.443 e. The van der Waals surface area contributed by atoms with E-state index in [4.69, 9.17) is 19.4 Å². The first-order valence-electron chi connectivity index (χ1n) is 13.5. The Morgan fingerprint density at radius 2 is 1.65 bits per heavy atom. The van der Waals surface area contributed by atoms with E-state index in [1.807, 2.05) is 52.8 Å². The number of hydrogen-bond donors (Lipinski definition) is 0. The molecule has 4 aromatic rings. The topological polar surface area (TPSA) is 82.4 Å². The van der Waals surface area contributed by atoms with Crippen LogP contribution >= 0.6 is 0 Å². The molecule has 0 bridgehead atoms. The van der Waals surface area contributed by atoms with Crippen LogP contribution < -0.4 is 9.64 Å². The third-order valence-corrected chi connectivity index (χ3v) is 6.76. The molecule has 1 aliphatic rings. The van der Waals surface area contributed by atoms with E-state index in [0.717, 1.165) is 43.5 Å². The number of hydrogen-bond acceptors (Lipinski definition) is 7. The first-order valence-corrected chi connectivity index (χ1v) is 13.5. The van der Waals surface area contributed by atoms with Crippen molar-refractivity contribution in [3.63, 3.8) is 0 Å². The Balaban J connectivity index is 1.69. The van der Waals surface area contributed by atoms with E-state index in [2.05, 4.69) is 9.88 Å². The zero-order valence-corrected chi connectivity index (χ0v) is 23.6. The minimum absolute atomic E-state index is 0.127. The van der Waals surface area contributed by atoms with E-state index < -0.39 is 11.7 Å². The number of ether oxygens (including phenoxy) is 2. The third kappa shape index (κ3) is 5.98. The number of aromatic nitrogens is 4. The second-order valence-electron chi connectivity index (χ2n) is 11.1. The van der Waals surface area contributed by atoms with E-state index in [9.17, 15) is 9.18 Å². The molecular weight excluding hydrogens is 509 g/mol. The van der Waals surface area contributed by atoms with Crippen LogP contribution in [0.2, 0.25) is 0 Å². The minimum Gasteiger partial charge on any atom is -0.443 e. The molecule has 0 amide bonds. The van der Waals surface area contributed by atoms with Gasteiger partial charge in [0.05, 0.1) is 5.69 Å². The monoisotopic (exact) mass is 543 g/mol. The highest BCUT2D eigenvalue weighted by Gasteiger charge is 2.32. The van der Waals surface area contributed by atoms with Crippen LogP contribution in [0.15, 0.2) is 54.7 Å². The summed E-state index contributed by atoms with van der Waals surface area (Å²) >= 11 is 0. The van der Waals surface area contributed by atoms with Gasteiger partial charge >= 0.3 is 12.1 Å². The highest BCUT2D eigenvalue weighted by Crippen LogP contribution is 2.37. The molecule has 1 aliphatic heterocycles. The van der Waals surface area contributed by atoms with Crippen molar-refractivity contribution in [3.05, 3.63) is 71.7 Å². The summed E-state index contributed by atoms with van der Waals surface area (Å²) in [6.45, 7) is 11.0. The molecule has 0 saturated carbocycles. The smallest absolute Gasteiger partial charge is 0.422 e. The molecule has 9 heteroatoms. The van der Waals surface area contributed by atoms with Crippen molar-refractivity contribution in [2.45, 2.75) is 59.5 Å². The van der Waals surface area contributed by atoms with Crippen molar-refractivity contribution in [2.75, 3.05) is 18.0 Å². The molecule has 0 aliphatic carbocycles. The summed E-state index contributed by atoms with van der Waals surface area (Å²) in [5.41, 5.74) is 3.48. The molecule has 0 N–H and O–H groups in total. The summed E-state index contributed by atoms with van der Waals surface area (Å²) < 4.78 is 27.2. The lowest BCUT2D eigenvalue weighted by Crippen LogP contribution is -2.35. The van der Waals surface area contributed by atoms with Gasteiger partial charge in [0.25, 0.3) is 0 Å². The molecule has 0 unspecified atom stereocenters. The van der Waals surface area contributed by atoms with Gasteiger partial charge in [-0.25, -0.2) is 23.7 Å². The standard InChI is InChI=1S/C31H34FN5O3/c1-20-9-14-24(19-21(20)2)39-28-33-16-15-25(34-28)27-26(22-10-12-23(32)13-11-22)35-29(36-17-7-6-8-18-36)37(27)30(38)40-31(3,4)5/h9-16,19H,6-8,17-18H2,1-5H3. The Labute approximate surface area is 233 Å². The molecule has 0 radical (unpaired) electrons. The first-order chi connectivity index (χ1) is 19.1. The summed E-state index contributed by atoms with van der Waals surface area (Å²) in [5, 5.41) is 0. The SMILES string of the molecule is Cc1ccc(Oc2nccc(-c3c(-c4ccc(F)cc4)nc(N4CCCCC4)n3C(=O)OC(C)(C)C)n2)cc1C. The fourth-order valence-electron chi connectivity index (χ4n) is 4.64. The number of aryl methyl sites for hydroxylation is 2. The molecule has 8 nitrogen and oxygen atoms in total. The van der Waals surface area contributed by atoms with Gasteiger partial charge in [-0.3, -0.25) is 0 Å². The first kappa shape index (κ1) is 27.3. The predicted octanol–water partition coefficient (Wildman–Crippen LogP) is 7.33. The van der Waals surface area contributed by atoms with Gasteiger partial charge in [-0.05, 0) is 107 Å². The summed E-state index contributed by atoms with van der Waals surface area (Å²) in [6, 6.07) is 13.6. The highest BCUT2D eigenvalue weighted by molar-refractivity contribution is 5.89. The molecule has 0 spiro atoms. The minimum atomic E-state index is -0.739. The molecule has 1 saturated heterocycles. The number of halogens is 1. The second kappa shape index (κ2) is 11.1. The average Bonchev–Trinajstić information content (AvgIpc) is 3.32. The van der Waals surface area contributed by atoms with Crippen molar-refractivity contribution in [1.29, 1.82) is 0 Å². The van der Waals surface area contributed by atoms with Crippen LogP contribution in [0.1, 0.15) is 51.2 Å². The van der Waals surface area contributed by atoms with Crippen molar-refractivity contribution >= 4 is 12.0 Å². The molecular formula is C31H34FN5O3. The van der Waals surface area contributed by atoms with Gasteiger partial charge in [-0.15, -0.1) is 0 Å². The number of piperidine rings is 1. The van der Waals surface area contributed by atoms with E-state index >= 15 is 0 Å². The quantitative estimate of drug-likeness (QED) is 0.261. The maximum Gasteiger partial charge on any atom is 0.422 e. The number of carbonyl (C=O) groups excluding carboxylic acids is 1. The zero-order valence-electron chi connectivity index (χ0n) is 23.6. The molecule has 2 aromatic heterocycles. The Morgan fingerprint density at radius 3 is 2.33 bits per heavy atom. The molecule has 208 valence electrons. The maximum atomic E-state index is 13.9.